The lowest BCUT2D eigenvalue weighted by molar-refractivity contribution is -0.00781. The Balaban J connectivity index is 2.20. The zero-order chi connectivity index (χ0) is 14.8. The van der Waals surface area contributed by atoms with Gasteiger partial charge in [0.2, 0.25) is 0 Å². The monoisotopic (exact) mass is 282 g/mol. The standard InChI is InChI=1S/C15H20F2N2O/c1-10(7-16)5-15(20,9-17)6-13-4-12-8-18-11(2)3-14(12)19-13/h3-4,8,10,19-20H,5-7,9H2,1-2H3. The van der Waals surface area contributed by atoms with Crippen LogP contribution in [0.3, 0.4) is 0 Å². The minimum atomic E-state index is -1.52. The number of hydrogen-bond acceptors (Lipinski definition) is 2. The summed E-state index contributed by atoms with van der Waals surface area (Å²) in [6.07, 6.45) is 1.98. The first-order valence-electron chi connectivity index (χ1n) is 6.74. The summed E-state index contributed by atoms with van der Waals surface area (Å²) >= 11 is 0. The van der Waals surface area contributed by atoms with Crippen LogP contribution in [-0.4, -0.2) is 34.0 Å². The largest absolute Gasteiger partial charge is 0.387 e. The van der Waals surface area contributed by atoms with Crippen LogP contribution in [0.25, 0.3) is 10.9 Å². The number of H-pyrrole nitrogens is 1. The van der Waals surface area contributed by atoms with Gasteiger partial charge in [0, 0.05) is 34.9 Å². The van der Waals surface area contributed by atoms with Gasteiger partial charge in [0.25, 0.3) is 0 Å². The van der Waals surface area contributed by atoms with Gasteiger partial charge in [-0.3, -0.25) is 9.37 Å². The van der Waals surface area contributed by atoms with Crippen LogP contribution < -0.4 is 0 Å². The molecule has 0 aliphatic heterocycles. The number of pyridine rings is 1. The van der Waals surface area contributed by atoms with E-state index in [1.807, 2.05) is 19.1 Å². The SMILES string of the molecule is Cc1cc2[nH]c(CC(O)(CF)CC(C)CF)cc2cn1. The van der Waals surface area contributed by atoms with E-state index in [2.05, 4.69) is 9.97 Å². The van der Waals surface area contributed by atoms with E-state index in [9.17, 15) is 13.9 Å². The highest BCUT2D eigenvalue weighted by atomic mass is 19.1. The van der Waals surface area contributed by atoms with Crippen LogP contribution in [0.2, 0.25) is 0 Å². The summed E-state index contributed by atoms with van der Waals surface area (Å²) in [5.41, 5.74) is 1.01. The van der Waals surface area contributed by atoms with E-state index < -0.39 is 19.0 Å². The molecule has 0 fully saturated rings. The molecule has 3 nitrogen and oxygen atoms in total. The zero-order valence-corrected chi connectivity index (χ0v) is 11.8. The molecular formula is C15H20F2N2O. The first kappa shape index (κ1) is 14.9. The summed E-state index contributed by atoms with van der Waals surface area (Å²) in [7, 11) is 0. The van der Waals surface area contributed by atoms with Crippen LogP contribution in [0, 0.1) is 12.8 Å². The van der Waals surface area contributed by atoms with E-state index in [0.29, 0.717) is 0 Å². The molecule has 5 heteroatoms. The fourth-order valence-electron chi connectivity index (χ4n) is 2.52. The number of aromatic nitrogens is 2. The number of aryl methyl sites for hydroxylation is 1. The van der Waals surface area contributed by atoms with Crippen molar-refractivity contribution in [3.63, 3.8) is 0 Å². The lowest BCUT2D eigenvalue weighted by Crippen LogP contribution is -2.36. The molecule has 2 N–H and O–H groups in total. The van der Waals surface area contributed by atoms with Crippen LogP contribution >= 0.6 is 0 Å². The number of halogens is 2. The second-order valence-corrected chi connectivity index (χ2v) is 5.71. The molecule has 2 heterocycles. The number of aromatic amines is 1. The molecule has 0 aliphatic rings. The number of alkyl halides is 2. The Morgan fingerprint density at radius 1 is 1.40 bits per heavy atom. The van der Waals surface area contributed by atoms with Crippen molar-refractivity contribution in [2.75, 3.05) is 13.3 Å². The average Bonchev–Trinajstić information content (AvgIpc) is 2.79. The van der Waals surface area contributed by atoms with E-state index in [4.69, 9.17) is 0 Å². The zero-order valence-electron chi connectivity index (χ0n) is 11.8. The maximum absolute atomic E-state index is 13.1. The third kappa shape index (κ3) is 3.33. The lowest BCUT2D eigenvalue weighted by Gasteiger charge is -2.26. The molecule has 0 aliphatic carbocycles. The van der Waals surface area contributed by atoms with E-state index in [1.54, 1.807) is 13.1 Å². The maximum Gasteiger partial charge on any atom is 0.118 e. The Kier molecular flexibility index (Phi) is 4.38. The van der Waals surface area contributed by atoms with Crippen molar-refractivity contribution in [3.8, 4) is 0 Å². The predicted molar refractivity (Wildman–Crippen MR) is 75.2 cm³/mol. The topological polar surface area (TPSA) is 48.9 Å². The molecule has 0 amide bonds. The molecule has 2 rings (SSSR count). The predicted octanol–water partition coefficient (Wildman–Crippen LogP) is 3.11. The van der Waals surface area contributed by atoms with Crippen LogP contribution in [0.1, 0.15) is 24.7 Å². The first-order chi connectivity index (χ1) is 9.45. The summed E-state index contributed by atoms with van der Waals surface area (Å²) in [5.74, 6) is -0.357. The van der Waals surface area contributed by atoms with Gasteiger partial charge in [-0.15, -0.1) is 0 Å². The quantitative estimate of drug-likeness (QED) is 0.855. The van der Waals surface area contributed by atoms with Gasteiger partial charge in [0.15, 0.2) is 0 Å². The first-order valence-corrected chi connectivity index (χ1v) is 6.74. The summed E-state index contributed by atoms with van der Waals surface area (Å²) in [6.45, 7) is 2.11. The van der Waals surface area contributed by atoms with Crippen LogP contribution in [0.5, 0.6) is 0 Å². The number of rotatable bonds is 6. The summed E-state index contributed by atoms with van der Waals surface area (Å²) in [5, 5.41) is 11.2. The Labute approximate surface area is 117 Å². The van der Waals surface area contributed by atoms with E-state index in [-0.39, 0.29) is 18.8 Å². The number of nitrogens with one attached hydrogen (secondary N) is 1. The summed E-state index contributed by atoms with van der Waals surface area (Å²) < 4.78 is 25.7. The van der Waals surface area contributed by atoms with Crippen molar-refractivity contribution in [3.05, 3.63) is 29.7 Å². The minimum Gasteiger partial charge on any atom is -0.387 e. The highest BCUT2D eigenvalue weighted by Gasteiger charge is 2.30. The molecule has 0 spiro atoms. The van der Waals surface area contributed by atoms with Crippen molar-refractivity contribution in [1.29, 1.82) is 0 Å². The van der Waals surface area contributed by atoms with E-state index in [1.165, 1.54) is 0 Å². The lowest BCUT2D eigenvalue weighted by atomic mass is 9.89. The summed E-state index contributed by atoms with van der Waals surface area (Å²) in [6, 6.07) is 3.75. The van der Waals surface area contributed by atoms with Crippen molar-refractivity contribution < 1.29 is 13.9 Å². The molecule has 110 valence electrons. The molecule has 0 saturated heterocycles. The van der Waals surface area contributed by atoms with Crippen LogP contribution in [0.4, 0.5) is 8.78 Å². The second kappa shape index (κ2) is 5.87. The molecule has 0 aromatic carbocycles. The third-order valence-electron chi connectivity index (χ3n) is 3.46. The highest BCUT2D eigenvalue weighted by molar-refractivity contribution is 5.79. The maximum atomic E-state index is 13.1. The second-order valence-electron chi connectivity index (χ2n) is 5.71. The van der Waals surface area contributed by atoms with Crippen molar-refractivity contribution in [2.45, 2.75) is 32.3 Å². The van der Waals surface area contributed by atoms with Gasteiger partial charge in [0.1, 0.15) is 6.67 Å². The van der Waals surface area contributed by atoms with E-state index >= 15 is 0 Å². The normalized spacial score (nSPS) is 16.2. The van der Waals surface area contributed by atoms with Gasteiger partial charge in [-0.25, -0.2) is 4.39 Å². The molecule has 0 saturated carbocycles. The van der Waals surface area contributed by atoms with Crippen molar-refractivity contribution in [2.24, 2.45) is 5.92 Å². The molecular weight excluding hydrogens is 262 g/mol. The minimum absolute atomic E-state index is 0.104. The van der Waals surface area contributed by atoms with Gasteiger partial charge in [0.05, 0.1) is 12.3 Å². The fraction of sp³-hybridized carbons (Fsp3) is 0.533. The Bertz CT molecular complexity index is 584. The van der Waals surface area contributed by atoms with Crippen molar-refractivity contribution >= 4 is 10.9 Å². The van der Waals surface area contributed by atoms with Gasteiger partial charge in [-0.1, -0.05) is 6.92 Å². The average molecular weight is 282 g/mol. The van der Waals surface area contributed by atoms with Gasteiger partial charge >= 0.3 is 0 Å². The number of aliphatic hydroxyl groups is 1. The van der Waals surface area contributed by atoms with Crippen LogP contribution in [-0.2, 0) is 6.42 Å². The van der Waals surface area contributed by atoms with E-state index in [0.717, 1.165) is 22.3 Å². The Morgan fingerprint density at radius 2 is 2.15 bits per heavy atom. The van der Waals surface area contributed by atoms with Gasteiger partial charge in [-0.2, -0.15) is 0 Å². The molecule has 2 aromatic heterocycles. The fourth-order valence-corrected chi connectivity index (χ4v) is 2.52. The molecule has 2 atom stereocenters. The Hall–Kier alpha value is -1.49. The Morgan fingerprint density at radius 3 is 2.80 bits per heavy atom. The third-order valence-corrected chi connectivity index (χ3v) is 3.46. The van der Waals surface area contributed by atoms with Crippen LogP contribution in [0.15, 0.2) is 18.3 Å². The van der Waals surface area contributed by atoms with Gasteiger partial charge < -0.3 is 10.1 Å². The number of fused-ring (bicyclic) bond motifs is 1. The number of hydrogen-bond donors (Lipinski definition) is 2. The smallest absolute Gasteiger partial charge is 0.118 e. The molecule has 20 heavy (non-hydrogen) atoms. The summed E-state index contributed by atoms with van der Waals surface area (Å²) in [4.78, 5) is 7.35. The molecule has 2 unspecified atom stereocenters. The van der Waals surface area contributed by atoms with Crippen molar-refractivity contribution in [1.82, 2.24) is 9.97 Å². The molecule has 0 radical (unpaired) electrons. The van der Waals surface area contributed by atoms with Gasteiger partial charge in [-0.05, 0) is 31.4 Å². The molecule has 0 bridgehead atoms. The molecule has 2 aromatic rings. The highest BCUT2D eigenvalue weighted by Crippen LogP contribution is 2.25. The number of nitrogens with zero attached hydrogens (tertiary/aromatic N) is 1.